The minimum atomic E-state index is -0.893. The van der Waals surface area contributed by atoms with Crippen LogP contribution in [0, 0.1) is 11.6 Å². The first-order valence-corrected chi connectivity index (χ1v) is 5.33. The van der Waals surface area contributed by atoms with Crippen molar-refractivity contribution < 1.29 is 18.3 Å². The Morgan fingerprint density at radius 3 is 2.65 bits per heavy atom. The van der Waals surface area contributed by atoms with Crippen LogP contribution in [-0.2, 0) is 16.1 Å². The molecule has 1 aromatic carbocycles. The van der Waals surface area contributed by atoms with E-state index in [1.807, 2.05) is 6.92 Å². The van der Waals surface area contributed by atoms with Crippen molar-refractivity contribution in [3.63, 3.8) is 0 Å². The fourth-order valence-electron chi connectivity index (χ4n) is 1.43. The number of benzene rings is 1. The Kier molecular flexibility index (Phi) is 5.03. The van der Waals surface area contributed by atoms with Gasteiger partial charge in [0.1, 0.15) is 6.04 Å². The van der Waals surface area contributed by atoms with E-state index < -0.39 is 17.7 Å². The number of methoxy groups -OCH3 is 1. The van der Waals surface area contributed by atoms with E-state index in [1.54, 1.807) is 0 Å². The first-order chi connectivity index (χ1) is 8.08. The maximum Gasteiger partial charge on any atom is 0.322 e. The monoisotopic (exact) mass is 243 g/mol. The molecule has 5 heteroatoms. The molecule has 0 saturated heterocycles. The molecule has 0 fully saturated rings. The van der Waals surface area contributed by atoms with E-state index in [1.165, 1.54) is 13.2 Å². The number of esters is 1. The van der Waals surface area contributed by atoms with E-state index in [0.29, 0.717) is 12.0 Å². The zero-order valence-electron chi connectivity index (χ0n) is 9.80. The average Bonchev–Trinajstić information content (AvgIpc) is 2.33. The summed E-state index contributed by atoms with van der Waals surface area (Å²) in [6.07, 6.45) is 0.566. The van der Waals surface area contributed by atoms with Crippen LogP contribution in [-0.4, -0.2) is 19.1 Å². The third-order valence-electron chi connectivity index (χ3n) is 2.43. The standard InChI is InChI=1S/C12H15F2NO2/c1-3-11(12(16)17-2)15-7-8-4-5-9(13)10(14)6-8/h4-6,11,15H,3,7H2,1-2H3. The Hall–Kier alpha value is -1.49. The lowest BCUT2D eigenvalue weighted by molar-refractivity contribution is -0.143. The maximum atomic E-state index is 12.9. The van der Waals surface area contributed by atoms with Crippen molar-refractivity contribution in [3.05, 3.63) is 35.4 Å². The van der Waals surface area contributed by atoms with Gasteiger partial charge in [0, 0.05) is 6.54 Å². The minimum absolute atomic E-state index is 0.283. The van der Waals surface area contributed by atoms with E-state index in [4.69, 9.17) is 0 Å². The van der Waals surface area contributed by atoms with Gasteiger partial charge in [0.25, 0.3) is 0 Å². The third kappa shape index (κ3) is 3.78. The topological polar surface area (TPSA) is 38.3 Å². The van der Waals surface area contributed by atoms with Crippen LogP contribution in [0.4, 0.5) is 8.78 Å². The predicted molar refractivity (Wildman–Crippen MR) is 59.3 cm³/mol. The molecule has 0 aliphatic heterocycles. The molecule has 94 valence electrons. The van der Waals surface area contributed by atoms with E-state index in [9.17, 15) is 13.6 Å². The van der Waals surface area contributed by atoms with Gasteiger partial charge < -0.3 is 10.1 Å². The molecule has 0 heterocycles. The zero-order valence-corrected chi connectivity index (χ0v) is 9.80. The summed E-state index contributed by atoms with van der Waals surface area (Å²) in [6.45, 7) is 2.12. The average molecular weight is 243 g/mol. The van der Waals surface area contributed by atoms with Crippen molar-refractivity contribution in [1.29, 1.82) is 0 Å². The lowest BCUT2D eigenvalue weighted by Crippen LogP contribution is -2.36. The summed E-state index contributed by atoms with van der Waals surface area (Å²) in [5, 5.41) is 2.92. The lowest BCUT2D eigenvalue weighted by Gasteiger charge is -2.14. The van der Waals surface area contributed by atoms with E-state index >= 15 is 0 Å². The summed E-state index contributed by atoms with van der Waals surface area (Å²) < 4.78 is 30.2. The molecule has 0 bridgehead atoms. The Labute approximate surface area is 98.8 Å². The number of carbonyl (C=O) groups excluding carboxylic acids is 1. The number of carbonyl (C=O) groups is 1. The van der Waals surface area contributed by atoms with Gasteiger partial charge in [-0.25, -0.2) is 8.78 Å². The highest BCUT2D eigenvalue weighted by Gasteiger charge is 2.15. The molecule has 1 atom stereocenters. The molecular formula is C12H15F2NO2. The summed E-state index contributed by atoms with van der Waals surface area (Å²) >= 11 is 0. The number of nitrogens with one attached hydrogen (secondary N) is 1. The van der Waals surface area contributed by atoms with Gasteiger partial charge in [0.15, 0.2) is 11.6 Å². The molecule has 1 N–H and O–H groups in total. The predicted octanol–water partition coefficient (Wildman–Crippen LogP) is 2.01. The quantitative estimate of drug-likeness (QED) is 0.804. The second-order valence-electron chi connectivity index (χ2n) is 3.61. The summed E-state index contributed by atoms with van der Waals surface area (Å²) in [4.78, 5) is 11.3. The van der Waals surface area contributed by atoms with Crippen LogP contribution in [0.5, 0.6) is 0 Å². The van der Waals surface area contributed by atoms with Crippen LogP contribution < -0.4 is 5.32 Å². The van der Waals surface area contributed by atoms with Gasteiger partial charge in [-0.05, 0) is 24.1 Å². The number of rotatable bonds is 5. The molecule has 0 radical (unpaired) electrons. The molecule has 3 nitrogen and oxygen atoms in total. The maximum absolute atomic E-state index is 12.9. The molecule has 0 amide bonds. The van der Waals surface area contributed by atoms with E-state index in [-0.39, 0.29) is 12.5 Å². The number of halogens is 2. The van der Waals surface area contributed by atoms with Crippen LogP contribution in [0.25, 0.3) is 0 Å². The fraction of sp³-hybridized carbons (Fsp3) is 0.417. The van der Waals surface area contributed by atoms with Crippen molar-refractivity contribution in [1.82, 2.24) is 5.32 Å². The van der Waals surface area contributed by atoms with Crippen molar-refractivity contribution >= 4 is 5.97 Å². The molecule has 1 rings (SSSR count). The molecule has 0 aliphatic carbocycles. The molecule has 17 heavy (non-hydrogen) atoms. The Morgan fingerprint density at radius 2 is 2.12 bits per heavy atom. The summed E-state index contributed by atoms with van der Waals surface area (Å²) in [7, 11) is 1.31. The Bertz CT molecular complexity index is 396. The molecule has 1 aromatic rings. The molecular weight excluding hydrogens is 228 g/mol. The summed E-state index contributed by atoms with van der Waals surface area (Å²) in [5.41, 5.74) is 0.575. The van der Waals surface area contributed by atoms with Gasteiger partial charge >= 0.3 is 5.97 Å². The smallest absolute Gasteiger partial charge is 0.322 e. The number of hydrogen-bond acceptors (Lipinski definition) is 3. The highest BCUT2D eigenvalue weighted by molar-refractivity contribution is 5.75. The first-order valence-electron chi connectivity index (χ1n) is 5.33. The van der Waals surface area contributed by atoms with Crippen molar-refractivity contribution in [2.45, 2.75) is 25.9 Å². The van der Waals surface area contributed by atoms with Crippen LogP contribution in [0.1, 0.15) is 18.9 Å². The van der Waals surface area contributed by atoms with E-state index in [2.05, 4.69) is 10.1 Å². The third-order valence-corrected chi connectivity index (χ3v) is 2.43. The van der Waals surface area contributed by atoms with Crippen molar-refractivity contribution in [2.24, 2.45) is 0 Å². The van der Waals surface area contributed by atoms with Crippen LogP contribution in [0.2, 0.25) is 0 Å². The highest BCUT2D eigenvalue weighted by Crippen LogP contribution is 2.09. The number of ether oxygens (including phenoxy) is 1. The molecule has 0 saturated carbocycles. The lowest BCUT2D eigenvalue weighted by atomic mass is 10.1. The summed E-state index contributed by atoms with van der Waals surface area (Å²) in [6, 6.07) is 3.20. The number of hydrogen-bond donors (Lipinski definition) is 1. The van der Waals surface area contributed by atoms with Gasteiger partial charge in [0.05, 0.1) is 7.11 Å². The summed E-state index contributed by atoms with van der Waals surface area (Å²) in [5.74, 6) is -2.14. The minimum Gasteiger partial charge on any atom is -0.468 e. The van der Waals surface area contributed by atoms with Gasteiger partial charge in [-0.3, -0.25) is 4.79 Å². The molecule has 1 unspecified atom stereocenters. The Balaban J connectivity index is 2.59. The van der Waals surface area contributed by atoms with Crippen molar-refractivity contribution in [3.8, 4) is 0 Å². The second-order valence-corrected chi connectivity index (χ2v) is 3.61. The Morgan fingerprint density at radius 1 is 1.41 bits per heavy atom. The van der Waals surface area contributed by atoms with Crippen LogP contribution in [0.3, 0.4) is 0 Å². The molecule has 0 aromatic heterocycles. The second kappa shape index (κ2) is 6.30. The fourth-order valence-corrected chi connectivity index (χ4v) is 1.43. The first kappa shape index (κ1) is 13.6. The molecule has 0 aliphatic rings. The van der Waals surface area contributed by atoms with Gasteiger partial charge in [-0.15, -0.1) is 0 Å². The van der Waals surface area contributed by atoms with Gasteiger partial charge in [0.2, 0.25) is 0 Å². The van der Waals surface area contributed by atoms with Crippen LogP contribution in [0.15, 0.2) is 18.2 Å². The van der Waals surface area contributed by atoms with Crippen LogP contribution >= 0.6 is 0 Å². The zero-order chi connectivity index (χ0) is 12.8. The van der Waals surface area contributed by atoms with E-state index in [0.717, 1.165) is 12.1 Å². The normalized spacial score (nSPS) is 12.2. The van der Waals surface area contributed by atoms with Gasteiger partial charge in [-0.2, -0.15) is 0 Å². The van der Waals surface area contributed by atoms with Gasteiger partial charge in [-0.1, -0.05) is 13.0 Å². The molecule has 0 spiro atoms. The SMILES string of the molecule is CCC(NCc1ccc(F)c(F)c1)C(=O)OC. The van der Waals surface area contributed by atoms with Crippen molar-refractivity contribution in [2.75, 3.05) is 7.11 Å². The largest absolute Gasteiger partial charge is 0.468 e. The highest BCUT2D eigenvalue weighted by atomic mass is 19.2.